The number of nitrogens with two attached hydrogens (primary N) is 1. The Bertz CT molecular complexity index is 226. The summed E-state index contributed by atoms with van der Waals surface area (Å²) in [6.07, 6.45) is 3.50. The molecule has 0 spiro atoms. The lowest BCUT2D eigenvalue weighted by atomic mass is 10.1. The van der Waals surface area contributed by atoms with E-state index >= 15 is 0 Å². The van der Waals surface area contributed by atoms with Crippen LogP contribution < -0.4 is 5.73 Å². The first-order valence-corrected chi connectivity index (χ1v) is 4.47. The quantitative estimate of drug-likeness (QED) is 0.735. The highest BCUT2D eigenvalue weighted by Crippen LogP contribution is 2.00. The molecule has 0 saturated carbocycles. The van der Waals surface area contributed by atoms with Crippen LogP contribution in [0.15, 0.2) is 24.4 Å². The molecular weight excluding hydrogens is 164 g/mol. The van der Waals surface area contributed by atoms with Crippen LogP contribution in [-0.2, 0) is 11.2 Å². The molecule has 0 aliphatic rings. The van der Waals surface area contributed by atoms with Gasteiger partial charge in [-0.15, -0.1) is 0 Å². The molecule has 0 amide bonds. The Morgan fingerprint density at radius 2 is 2.38 bits per heavy atom. The summed E-state index contributed by atoms with van der Waals surface area (Å²) in [7, 11) is 1.69. The average Bonchev–Trinajstić information content (AvgIpc) is 2.16. The van der Waals surface area contributed by atoms with Crippen LogP contribution in [0.3, 0.4) is 0 Å². The molecule has 0 aliphatic heterocycles. The van der Waals surface area contributed by atoms with Gasteiger partial charge in [0.25, 0.3) is 0 Å². The van der Waals surface area contributed by atoms with Gasteiger partial charge < -0.3 is 10.5 Å². The molecule has 0 saturated heterocycles. The Hall–Kier alpha value is -0.930. The zero-order valence-corrected chi connectivity index (χ0v) is 7.94. The van der Waals surface area contributed by atoms with Gasteiger partial charge in [0.1, 0.15) is 0 Å². The standard InChI is InChI=1S/C10H16N2O/c1-13-7-5-9(11)8-10-4-2-3-6-12-10/h2-4,6,9H,5,7-8,11H2,1H3. The fraction of sp³-hybridized carbons (Fsp3) is 0.500. The van der Waals surface area contributed by atoms with E-state index in [-0.39, 0.29) is 6.04 Å². The SMILES string of the molecule is COCCC(N)Cc1ccccn1. The molecule has 3 heteroatoms. The van der Waals surface area contributed by atoms with Gasteiger partial charge in [0.05, 0.1) is 0 Å². The maximum absolute atomic E-state index is 5.87. The van der Waals surface area contributed by atoms with Gasteiger partial charge in [0.2, 0.25) is 0 Å². The van der Waals surface area contributed by atoms with Crippen molar-refractivity contribution >= 4 is 0 Å². The molecular formula is C10H16N2O. The molecule has 13 heavy (non-hydrogen) atoms. The number of hydrogen-bond acceptors (Lipinski definition) is 3. The molecule has 1 aromatic heterocycles. The fourth-order valence-electron chi connectivity index (χ4n) is 1.16. The normalized spacial score (nSPS) is 12.8. The van der Waals surface area contributed by atoms with Gasteiger partial charge in [-0.05, 0) is 18.6 Å². The molecule has 1 heterocycles. The Morgan fingerprint density at radius 1 is 1.54 bits per heavy atom. The van der Waals surface area contributed by atoms with E-state index in [0.717, 1.165) is 18.5 Å². The summed E-state index contributed by atoms with van der Waals surface area (Å²) < 4.78 is 4.95. The van der Waals surface area contributed by atoms with Crippen LogP contribution in [-0.4, -0.2) is 24.7 Å². The summed E-state index contributed by atoms with van der Waals surface area (Å²) in [5.74, 6) is 0. The van der Waals surface area contributed by atoms with Gasteiger partial charge >= 0.3 is 0 Å². The van der Waals surface area contributed by atoms with Crippen LogP contribution in [0.25, 0.3) is 0 Å². The third-order valence-corrected chi connectivity index (χ3v) is 1.89. The molecule has 2 N–H and O–H groups in total. The monoisotopic (exact) mass is 180 g/mol. The van der Waals surface area contributed by atoms with Crippen molar-refractivity contribution in [2.45, 2.75) is 18.9 Å². The van der Waals surface area contributed by atoms with E-state index in [9.17, 15) is 0 Å². The minimum atomic E-state index is 0.148. The largest absolute Gasteiger partial charge is 0.385 e. The smallest absolute Gasteiger partial charge is 0.0477 e. The highest BCUT2D eigenvalue weighted by atomic mass is 16.5. The van der Waals surface area contributed by atoms with Crippen molar-refractivity contribution < 1.29 is 4.74 Å². The summed E-state index contributed by atoms with van der Waals surface area (Å²) in [6.45, 7) is 0.716. The molecule has 0 bridgehead atoms. The van der Waals surface area contributed by atoms with Crippen LogP contribution in [0.1, 0.15) is 12.1 Å². The van der Waals surface area contributed by atoms with E-state index in [1.54, 1.807) is 13.3 Å². The highest BCUT2D eigenvalue weighted by Gasteiger charge is 2.03. The second-order valence-corrected chi connectivity index (χ2v) is 3.07. The number of aromatic nitrogens is 1. The van der Waals surface area contributed by atoms with Crippen LogP contribution in [0.5, 0.6) is 0 Å². The van der Waals surface area contributed by atoms with Gasteiger partial charge in [0, 0.05) is 38.1 Å². The lowest BCUT2D eigenvalue weighted by Gasteiger charge is -2.09. The lowest BCUT2D eigenvalue weighted by Crippen LogP contribution is -2.24. The first kappa shape index (κ1) is 10.2. The number of nitrogens with zero attached hydrogens (tertiary/aromatic N) is 1. The maximum atomic E-state index is 5.87. The molecule has 3 nitrogen and oxygen atoms in total. The lowest BCUT2D eigenvalue weighted by molar-refractivity contribution is 0.187. The van der Waals surface area contributed by atoms with Crippen LogP contribution in [0.4, 0.5) is 0 Å². The Kier molecular flexibility index (Phi) is 4.43. The predicted octanol–water partition coefficient (Wildman–Crippen LogP) is 0.988. The summed E-state index contributed by atoms with van der Waals surface area (Å²) in [6, 6.07) is 6.03. The van der Waals surface area contributed by atoms with Crippen LogP contribution in [0, 0.1) is 0 Å². The van der Waals surface area contributed by atoms with Crippen molar-refractivity contribution in [3.05, 3.63) is 30.1 Å². The van der Waals surface area contributed by atoms with Crippen molar-refractivity contribution in [2.24, 2.45) is 5.73 Å². The van der Waals surface area contributed by atoms with Crippen molar-refractivity contribution in [1.82, 2.24) is 4.98 Å². The molecule has 1 aromatic rings. The Labute approximate surface area is 78.9 Å². The van der Waals surface area contributed by atoms with Gasteiger partial charge in [0.15, 0.2) is 0 Å². The number of hydrogen-bond donors (Lipinski definition) is 1. The molecule has 1 rings (SSSR count). The summed E-state index contributed by atoms with van der Waals surface area (Å²) in [4.78, 5) is 4.21. The zero-order chi connectivity index (χ0) is 9.52. The molecule has 0 aromatic carbocycles. The number of pyridine rings is 1. The molecule has 1 unspecified atom stereocenters. The topological polar surface area (TPSA) is 48.1 Å². The molecule has 0 fully saturated rings. The van der Waals surface area contributed by atoms with E-state index in [4.69, 9.17) is 10.5 Å². The van der Waals surface area contributed by atoms with E-state index in [1.165, 1.54) is 0 Å². The Balaban J connectivity index is 2.32. The van der Waals surface area contributed by atoms with Crippen molar-refractivity contribution in [3.63, 3.8) is 0 Å². The first-order valence-electron chi connectivity index (χ1n) is 4.47. The second kappa shape index (κ2) is 5.67. The fourth-order valence-corrected chi connectivity index (χ4v) is 1.16. The third-order valence-electron chi connectivity index (χ3n) is 1.89. The molecule has 0 radical (unpaired) electrons. The van der Waals surface area contributed by atoms with Gasteiger partial charge in [-0.3, -0.25) is 4.98 Å². The van der Waals surface area contributed by atoms with E-state index in [2.05, 4.69) is 4.98 Å². The van der Waals surface area contributed by atoms with E-state index in [0.29, 0.717) is 6.61 Å². The average molecular weight is 180 g/mol. The Morgan fingerprint density at radius 3 is 3.00 bits per heavy atom. The van der Waals surface area contributed by atoms with E-state index in [1.807, 2.05) is 18.2 Å². The minimum absolute atomic E-state index is 0.148. The predicted molar refractivity (Wildman–Crippen MR) is 52.4 cm³/mol. The van der Waals surface area contributed by atoms with Gasteiger partial charge in [-0.2, -0.15) is 0 Å². The summed E-state index contributed by atoms with van der Waals surface area (Å²) in [5, 5.41) is 0. The minimum Gasteiger partial charge on any atom is -0.385 e. The third kappa shape index (κ3) is 4.01. The van der Waals surface area contributed by atoms with Crippen LogP contribution >= 0.6 is 0 Å². The van der Waals surface area contributed by atoms with Crippen molar-refractivity contribution in [3.8, 4) is 0 Å². The van der Waals surface area contributed by atoms with E-state index < -0.39 is 0 Å². The van der Waals surface area contributed by atoms with Crippen molar-refractivity contribution in [2.75, 3.05) is 13.7 Å². The van der Waals surface area contributed by atoms with Crippen molar-refractivity contribution in [1.29, 1.82) is 0 Å². The summed E-state index contributed by atoms with van der Waals surface area (Å²) >= 11 is 0. The number of methoxy groups -OCH3 is 1. The number of ether oxygens (including phenoxy) is 1. The number of rotatable bonds is 5. The summed E-state index contributed by atoms with van der Waals surface area (Å²) in [5.41, 5.74) is 6.92. The zero-order valence-electron chi connectivity index (χ0n) is 7.94. The second-order valence-electron chi connectivity index (χ2n) is 3.07. The van der Waals surface area contributed by atoms with Gasteiger partial charge in [-0.1, -0.05) is 6.07 Å². The first-order chi connectivity index (χ1) is 6.33. The maximum Gasteiger partial charge on any atom is 0.0477 e. The van der Waals surface area contributed by atoms with Gasteiger partial charge in [-0.25, -0.2) is 0 Å². The highest BCUT2D eigenvalue weighted by molar-refractivity contribution is 5.04. The molecule has 72 valence electrons. The van der Waals surface area contributed by atoms with Crippen LogP contribution in [0.2, 0.25) is 0 Å². The molecule has 0 aliphatic carbocycles. The molecule has 1 atom stereocenters.